The van der Waals surface area contributed by atoms with Crippen LogP contribution in [-0.2, 0) is 12.2 Å². The summed E-state index contributed by atoms with van der Waals surface area (Å²) < 4.78 is 5.33. The van der Waals surface area contributed by atoms with E-state index in [2.05, 4.69) is 39.6 Å². The topological polar surface area (TPSA) is 50.7 Å². The van der Waals surface area contributed by atoms with Gasteiger partial charge in [-0.2, -0.15) is 4.37 Å². The van der Waals surface area contributed by atoms with Crippen LogP contribution in [0.4, 0.5) is 5.82 Å². The molecule has 0 atom stereocenters. The third-order valence-corrected chi connectivity index (χ3v) is 4.47. The molecule has 4 nitrogen and oxygen atoms in total. The summed E-state index contributed by atoms with van der Waals surface area (Å²) in [5.41, 5.74) is 1.22. The number of anilines is 1. The molecule has 6 heteroatoms. The van der Waals surface area contributed by atoms with E-state index in [0.29, 0.717) is 0 Å². The van der Waals surface area contributed by atoms with Gasteiger partial charge in [-0.05, 0) is 24.0 Å². The predicted molar refractivity (Wildman–Crippen MR) is 81.9 cm³/mol. The predicted octanol–water partition coefficient (Wildman–Crippen LogP) is 3.61. The second-order valence-corrected chi connectivity index (χ2v) is 6.03. The molecule has 0 bridgehead atoms. The third-order valence-electron chi connectivity index (χ3n) is 2.55. The van der Waals surface area contributed by atoms with Crippen LogP contribution in [-0.4, -0.2) is 20.9 Å². The zero-order valence-electron chi connectivity index (χ0n) is 11.2. The highest BCUT2D eigenvalue weighted by molar-refractivity contribution is 8.00. The molecule has 0 amide bonds. The Bertz CT molecular complexity index is 513. The normalized spacial score (nSPS) is 10.6. The van der Waals surface area contributed by atoms with Crippen LogP contribution in [0.1, 0.15) is 31.7 Å². The molecule has 1 N–H and O–H groups in total. The Morgan fingerprint density at radius 2 is 2.26 bits per heavy atom. The number of nitrogens with zero attached hydrogens (tertiary/aromatic N) is 3. The number of pyridine rings is 1. The molecular weight excluding hydrogens is 276 g/mol. The zero-order valence-corrected chi connectivity index (χ0v) is 12.9. The van der Waals surface area contributed by atoms with E-state index in [4.69, 9.17) is 0 Å². The highest BCUT2D eigenvalue weighted by Crippen LogP contribution is 2.26. The van der Waals surface area contributed by atoms with Crippen LogP contribution in [0.15, 0.2) is 22.7 Å². The van der Waals surface area contributed by atoms with Crippen LogP contribution >= 0.6 is 23.3 Å². The van der Waals surface area contributed by atoms with E-state index in [1.54, 1.807) is 11.8 Å². The van der Waals surface area contributed by atoms with E-state index in [1.165, 1.54) is 17.1 Å². The van der Waals surface area contributed by atoms with Gasteiger partial charge in [0.2, 0.25) is 0 Å². The number of nitrogens with one attached hydrogen (secondary N) is 1. The molecule has 2 heterocycles. The van der Waals surface area contributed by atoms with Crippen molar-refractivity contribution in [3.05, 3.63) is 29.7 Å². The summed E-state index contributed by atoms with van der Waals surface area (Å²) in [7, 11) is 0. The molecule has 2 rings (SSSR count). The number of aryl methyl sites for hydroxylation is 1. The molecule has 0 saturated heterocycles. The first-order valence-corrected chi connectivity index (χ1v) is 8.22. The lowest BCUT2D eigenvalue weighted by Crippen LogP contribution is -2.04. The molecule has 0 aliphatic carbocycles. The average molecular weight is 294 g/mol. The first-order chi connectivity index (χ1) is 9.33. The van der Waals surface area contributed by atoms with Crippen molar-refractivity contribution >= 4 is 29.1 Å². The number of hydrogen-bond acceptors (Lipinski definition) is 6. The zero-order chi connectivity index (χ0) is 13.5. The van der Waals surface area contributed by atoms with Crippen molar-refractivity contribution in [3.63, 3.8) is 0 Å². The van der Waals surface area contributed by atoms with Crippen molar-refractivity contribution in [3.8, 4) is 0 Å². The lowest BCUT2D eigenvalue weighted by molar-refractivity contribution is 0.964. The Labute approximate surface area is 122 Å². The maximum absolute atomic E-state index is 4.47. The smallest absolute Gasteiger partial charge is 0.170 e. The van der Waals surface area contributed by atoms with Gasteiger partial charge in [0.05, 0.1) is 0 Å². The molecular formula is C13H18N4S2. The number of rotatable bonds is 7. The molecule has 102 valence electrons. The van der Waals surface area contributed by atoms with Gasteiger partial charge in [-0.15, -0.1) is 0 Å². The molecule has 19 heavy (non-hydrogen) atoms. The van der Waals surface area contributed by atoms with Crippen LogP contribution in [0.5, 0.6) is 0 Å². The van der Waals surface area contributed by atoms with Crippen LogP contribution in [0.2, 0.25) is 0 Å². The van der Waals surface area contributed by atoms with E-state index in [1.807, 2.05) is 12.3 Å². The van der Waals surface area contributed by atoms with E-state index >= 15 is 0 Å². The quantitative estimate of drug-likeness (QED) is 0.791. The van der Waals surface area contributed by atoms with Gasteiger partial charge in [0.1, 0.15) is 11.6 Å². The monoisotopic (exact) mass is 294 g/mol. The van der Waals surface area contributed by atoms with Crippen LogP contribution in [0, 0.1) is 0 Å². The fourth-order valence-corrected chi connectivity index (χ4v) is 3.22. The second-order valence-electron chi connectivity index (χ2n) is 4.06. The molecule has 2 aromatic heterocycles. The largest absolute Gasteiger partial charge is 0.370 e. The van der Waals surface area contributed by atoms with Crippen molar-refractivity contribution < 1.29 is 0 Å². The minimum Gasteiger partial charge on any atom is -0.370 e. The van der Waals surface area contributed by atoms with E-state index in [0.717, 1.165) is 41.1 Å². The van der Waals surface area contributed by atoms with E-state index < -0.39 is 0 Å². The lowest BCUT2D eigenvalue weighted by atomic mass is 10.3. The number of hydrogen-bond donors (Lipinski definition) is 1. The number of thioether (sulfide) groups is 1. The highest BCUT2D eigenvalue weighted by Gasteiger charge is 2.07. The van der Waals surface area contributed by atoms with Crippen molar-refractivity contribution in [2.75, 3.05) is 11.9 Å². The van der Waals surface area contributed by atoms with Gasteiger partial charge in [0.25, 0.3) is 0 Å². The summed E-state index contributed by atoms with van der Waals surface area (Å²) in [6.45, 7) is 5.18. The second kappa shape index (κ2) is 7.45. The maximum Gasteiger partial charge on any atom is 0.170 e. The Balaban J connectivity index is 1.98. The Morgan fingerprint density at radius 3 is 3.00 bits per heavy atom. The van der Waals surface area contributed by atoms with Gasteiger partial charge in [-0.3, -0.25) is 0 Å². The SMILES string of the molecule is CCCNc1ncccc1CSc1nc(CC)ns1. The van der Waals surface area contributed by atoms with Gasteiger partial charge >= 0.3 is 0 Å². The van der Waals surface area contributed by atoms with Gasteiger partial charge in [0, 0.05) is 30.5 Å². The van der Waals surface area contributed by atoms with Gasteiger partial charge in [-0.1, -0.05) is 31.7 Å². The highest BCUT2D eigenvalue weighted by atomic mass is 32.2. The van der Waals surface area contributed by atoms with Crippen molar-refractivity contribution in [1.82, 2.24) is 14.3 Å². The Hall–Kier alpha value is -1.14. The van der Waals surface area contributed by atoms with E-state index in [-0.39, 0.29) is 0 Å². The summed E-state index contributed by atoms with van der Waals surface area (Å²) in [4.78, 5) is 8.86. The summed E-state index contributed by atoms with van der Waals surface area (Å²) in [5, 5.41) is 3.36. The first kappa shape index (κ1) is 14.3. The minimum atomic E-state index is 0.873. The van der Waals surface area contributed by atoms with Crippen molar-refractivity contribution in [2.24, 2.45) is 0 Å². The van der Waals surface area contributed by atoms with Gasteiger partial charge in [0.15, 0.2) is 4.34 Å². The fourth-order valence-electron chi connectivity index (χ4n) is 1.54. The molecule has 0 aromatic carbocycles. The molecule has 0 spiro atoms. The molecule has 0 radical (unpaired) electrons. The van der Waals surface area contributed by atoms with Crippen molar-refractivity contribution in [1.29, 1.82) is 0 Å². The third kappa shape index (κ3) is 4.18. The fraction of sp³-hybridized carbons (Fsp3) is 0.462. The van der Waals surface area contributed by atoms with Gasteiger partial charge < -0.3 is 5.32 Å². The summed E-state index contributed by atoms with van der Waals surface area (Å²) in [6, 6.07) is 4.09. The molecule has 0 saturated carbocycles. The summed E-state index contributed by atoms with van der Waals surface area (Å²) >= 11 is 3.20. The van der Waals surface area contributed by atoms with Crippen molar-refractivity contribution in [2.45, 2.75) is 36.8 Å². The molecule has 0 aliphatic rings. The lowest BCUT2D eigenvalue weighted by Gasteiger charge is -2.08. The maximum atomic E-state index is 4.47. The Kier molecular flexibility index (Phi) is 5.60. The molecule has 0 fully saturated rings. The number of aromatic nitrogens is 3. The average Bonchev–Trinajstić information content (AvgIpc) is 2.91. The van der Waals surface area contributed by atoms with Crippen LogP contribution in [0.25, 0.3) is 0 Å². The van der Waals surface area contributed by atoms with Crippen LogP contribution < -0.4 is 5.32 Å². The minimum absolute atomic E-state index is 0.873. The molecule has 2 aromatic rings. The van der Waals surface area contributed by atoms with Crippen LogP contribution in [0.3, 0.4) is 0 Å². The Morgan fingerprint density at radius 1 is 1.37 bits per heavy atom. The standard InChI is InChI=1S/C13H18N4S2/c1-3-7-14-12-10(6-5-8-15-12)9-18-13-16-11(4-2)17-19-13/h5-6,8H,3-4,7,9H2,1-2H3,(H,14,15). The summed E-state index contributed by atoms with van der Waals surface area (Å²) in [5.74, 6) is 2.79. The molecule has 0 aliphatic heterocycles. The summed E-state index contributed by atoms with van der Waals surface area (Å²) in [6.07, 6.45) is 3.82. The molecule has 0 unspecified atom stereocenters. The van der Waals surface area contributed by atoms with Gasteiger partial charge in [-0.25, -0.2) is 9.97 Å². The first-order valence-electron chi connectivity index (χ1n) is 6.46. The van der Waals surface area contributed by atoms with E-state index in [9.17, 15) is 0 Å².